The highest BCUT2D eigenvalue weighted by atomic mass is 35.5. The van der Waals surface area contributed by atoms with Crippen LogP contribution in [-0.2, 0) is 4.79 Å². The zero-order valence-electron chi connectivity index (χ0n) is 14.9. The third kappa shape index (κ3) is 4.09. The van der Waals surface area contributed by atoms with Gasteiger partial charge in [0.15, 0.2) is 0 Å². The van der Waals surface area contributed by atoms with Crippen molar-refractivity contribution in [3.63, 3.8) is 0 Å². The van der Waals surface area contributed by atoms with Gasteiger partial charge in [0.2, 0.25) is 5.91 Å². The molecule has 25 heavy (non-hydrogen) atoms. The van der Waals surface area contributed by atoms with E-state index in [4.69, 9.17) is 11.6 Å². The molecule has 0 atom stereocenters. The van der Waals surface area contributed by atoms with Gasteiger partial charge in [-0.25, -0.2) is 0 Å². The molecule has 0 saturated heterocycles. The highest BCUT2D eigenvalue weighted by molar-refractivity contribution is 6.32. The van der Waals surface area contributed by atoms with E-state index in [2.05, 4.69) is 26.1 Å². The molecule has 0 radical (unpaired) electrons. The molecular formula is C20H23ClN3O+. The largest absolute Gasteiger partial charge is 0.329 e. The number of carbonyl (C=O) groups is 1. The molecule has 0 fully saturated rings. The summed E-state index contributed by atoms with van der Waals surface area (Å²) < 4.78 is 0.791. The number of aliphatic imine (C=N–C) groups is 1. The Balaban J connectivity index is 2.07. The number of carbonyl (C=O) groups excluding carboxylic acids is 1. The SMILES string of the molecule is C[N+](C)(C)CCN1C(=O)CN=C(c2ccccc2)c2cc(Cl)ccc21. The summed E-state index contributed by atoms with van der Waals surface area (Å²) in [5.74, 6) is 0.0166. The van der Waals surface area contributed by atoms with Gasteiger partial charge in [0.25, 0.3) is 0 Å². The van der Waals surface area contributed by atoms with E-state index in [-0.39, 0.29) is 12.5 Å². The first-order valence-electron chi connectivity index (χ1n) is 8.36. The standard InChI is InChI=1S/C20H23ClN3O/c1-24(2,3)12-11-23-18-10-9-16(21)13-17(18)20(22-14-19(23)25)15-7-5-4-6-8-15/h4-10,13H,11-12,14H2,1-3H3/q+1. The van der Waals surface area contributed by atoms with Crippen molar-refractivity contribution in [1.82, 2.24) is 0 Å². The van der Waals surface area contributed by atoms with Crippen LogP contribution in [0.1, 0.15) is 11.1 Å². The molecule has 0 bridgehead atoms. The first-order chi connectivity index (χ1) is 11.8. The number of halogens is 1. The Morgan fingerprint density at radius 2 is 1.84 bits per heavy atom. The number of anilines is 1. The first kappa shape index (κ1) is 17.6. The van der Waals surface area contributed by atoms with Crippen LogP contribution < -0.4 is 4.90 Å². The Morgan fingerprint density at radius 1 is 1.12 bits per heavy atom. The van der Waals surface area contributed by atoms with Crippen LogP contribution in [0.4, 0.5) is 5.69 Å². The first-order valence-corrected chi connectivity index (χ1v) is 8.73. The summed E-state index contributed by atoms with van der Waals surface area (Å²) in [6.07, 6.45) is 0. The van der Waals surface area contributed by atoms with Crippen molar-refractivity contribution in [2.75, 3.05) is 45.7 Å². The van der Waals surface area contributed by atoms with Gasteiger partial charge in [-0.15, -0.1) is 0 Å². The monoisotopic (exact) mass is 356 g/mol. The van der Waals surface area contributed by atoms with Gasteiger partial charge in [0.05, 0.1) is 45.6 Å². The third-order valence-corrected chi connectivity index (χ3v) is 4.45. The van der Waals surface area contributed by atoms with Crippen molar-refractivity contribution in [2.24, 2.45) is 4.99 Å². The second-order valence-corrected chi connectivity index (χ2v) is 7.69. The molecule has 2 aromatic rings. The average Bonchev–Trinajstić information content (AvgIpc) is 2.69. The van der Waals surface area contributed by atoms with Crippen molar-refractivity contribution in [1.29, 1.82) is 0 Å². The van der Waals surface area contributed by atoms with E-state index in [9.17, 15) is 4.79 Å². The van der Waals surface area contributed by atoms with Gasteiger partial charge in [-0.1, -0.05) is 41.9 Å². The molecule has 0 aliphatic carbocycles. The summed E-state index contributed by atoms with van der Waals surface area (Å²) in [4.78, 5) is 19.2. The minimum absolute atomic E-state index is 0.0166. The van der Waals surface area contributed by atoms with Crippen molar-refractivity contribution in [3.8, 4) is 0 Å². The Hall–Kier alpha value is -2.17. The van der Waals surface area contributed by atoms with Crippen LogP contribution in [0, 0.1) is 0 Å². The predicted octanol–water partition coefficient (Wildman–Crippen LogP) is 3.23. The minimum Gasteiger partial charge on any atom is -0.329 e. The molecule has 0 aromatic heterocycles. The van der Waals surface area contributed by atoms with Gasteiger partial charge in [-0.3, -0.25) is 9.79 Å². The maximum absolute atomic E-state index is 12.7. The molecule has 0 unspecified atom stereocenters. The number of amides is 1. The van der Waals surface area contributed by atoms with E-state index >= 15 is 0 Å². The van der Waals surface area contributed by atoms with Gasteiger partial charge in [0, 0.05) is 16.1 Å². The van der Waals surface area contributed by atoms with E-state index in [1.54, 1.807) is 0 Å². The highest BCUT2D eigenvalue weighted by Crippen LogP contribution is 2.29. The zero-order chi connectivity index (χ0) is 18.0. The van der Waals surface area contributed by atoms with Crippen molar-refractivity contribution >= 4 is 28.9 Å². The number of fused-ring (bicyclic) bond motifs is 1. The number of benzene rings is 2. The van der Waals surface area contributed by atoms with Gasteiger partial charge < -0.3 is 9.38 Å². The topological polar surface area (TPSA) is 32.7 Å². The quantitative estimate of drug-likeness (QED) is 0.774. The van der Waals surface area contributed by atoms with Gasteiger partial charge in [-0.2, -0.15) is 0 Å². The fourth-order valence-corrected chi connectivity index (χ4v) is 3.04. The van der Waals surface area contributed by atoms with Gasteiger partial charge in [-0.05, 0) is 18.2 Å². The van der Waals surface area contributed by atoms with Crippen LogP contribution in [0.25, 0.3) is 0 Å². The molecule has 0 N–H and O–H groups in total. The molecular weight excluding hydrogens is 334 g/mol. The number of hydrogen-bond acceptors (Lipinski definition) is 2. The molecule has 1 aliphatic rings. The van der Waals surface area contributed by atoms with Crippen LogP contribution in [0.3, 0.4) is 0 Å². The zero-order valence-corrected chi connectivity index (χ0v) is 15.6. The van der Waals surface area contributed by atoms with E-state index in [0.29, 0.717) is 11.6 Å². The van der Waals surface area contributed by atoms with Crippen LogP contribution >= 0.6 is 11.6 Å². The van der Waals surface area contributed by atoms with Crippen molar-refractivity contribution in [2.45, 2.75) is 0 Å². The molecule has 1 heterocycles. The van der Waals surface area contributed by atoms with E-state index in [1.807, 2.05) is 53.4 Å². The van der Waals surface area contributed by atoms with Crippen LogP contribution in [-0.4, -0.2) is 56.9 Å². The number of benzodiazepines with no additional fused rings is 1. The minimum atomic E-state index is 0.0166. The van der Waals surface area contributed by atoms with Gasteiger partial charge >= 0.3 is 0 Å². The molecule has 1 amide bonds. The molecule has 4 nitrogen and oxygen atoms in total. The summed E-state index contributed by atoms with van der Waals surface area (Å²) in [5, 5.41) is 0.642. The Kier molecular flexibility index (Phi) is 4.93. The second kappa shape index (κ2) is 6.98. The smallest absolute Gasteiger partial charge is 0.248 e. The summed E-state index contributed by atoms with van der Waals surface area (Å²) in [5.41, 5.74) is 3.60. The van der Waals surface area contributed by atoms with Crippen molar-refractivity contribution in [3.05, 3.63) is 64.7 Å². The summed E-state index contributed by atoms with van der Waals surface area (Å²) in [7, 11) is 6.37. The molecule has 3 rings (SSSR count). The number of hydrogen-bond donors (Lipinski definition) is 0. The molecule has 0 spiro atoms. The van der Waals surface area contributed by atoms with E-state index in [1.165, 1.54) is 0 Å². The lowest BCUT2D eigenvalue weighted by Gasteiger charge is -2.29. The Labute approximate surface area is 153 Å². The van der Waals surface area contributed by atoms with Crippen molar-refractivity contribution < 1.29 is 9.28 Å². The maximum Gasteiger partial charge on any atom is 0.248 e. The van der Waals surface area contributed by atoms with Crippen LogP contribution in [0.5, 0.6) is 0 Å². The summed E-state index contributed by atoms with van der Waals surface area (Å²) in [6.45, 7) is 1.65. The Bertz CT molecular complexity index is 809. The summed E-state index contributed by atoms with van der Waals surface area (Å²) in [6, 6.07) is 15.6. The number of rotatable bonds is 4. The van der Waals surface area contributed by atoms with E-state index in [0.717, 1.165) is 33.6 Å². The average molecular weight is 357 g/mol. The molecule has 5 heteroatoms. The lowest BCUT2D eigenvalue weighted by molar-refractivity contribution is -0.868. The molecule has 0 saturated carbocycles. The number of likely N-dealkylation sites (N-methyl/N-ethyl adjacent to an activating group) is 1. The molecule has 2 aromatic carbocycles. The third-order valence-electron chi connectivity index (χ3n) is 4.22. The Morgan fingerprint density at radius 3 is 2.52 bits per heavy atom. The normalized spacial score (nSPS) is 14.8. The maximum atomic E-state index is 12.7. The fraction of sp³-hybridized carbons (Fsp3) is 0.300. The van der Waals surface area contributed by atoms with E-state index < -0.39 is 0 Å². The lowest BCUT2D eigenvalue weighted by Crippen LogP contribution is -2.44. The number of nitrogens with zero attached hydrogens (tertiary/aromatic N) is 3. The summed E-state index contributed by atoms with van der Waals surface area (Å²) >= 11 is 6.25. The molecule has 130 valence electrons. The van der Waals surface area contributed by atoms with Crippen LogP contribution in [0.15, 0.2) is 53.5 Å². The fourth-order valence-electron chi connectivity index (χ4n) is 2.87. The highest BCUT2D eigenvalue weighted by Gasteiger charge is 2.26. The number of quaternary nitrogens is 1. The second-order valence-electron chi connectivity index (χ2n) is 7.25. The molecule has 1 aliphatic heterocycles. The predicted molar refractivity (Wildman–Crippen MR) is 104 cm³/mol. The van der Waals surface area contributed by atoms with Crippen LogP contribution in [0.2, 0.25) is 5.02 Å². The lowest BCUT2D eigenvalue weighted by atomic mass is 10.00. The van der Waals surface area contributed by atoms with Gasteiger partial charge in [0.1, 0.15) is 6.54 Å².